The Hall–Kier alpha value is -3.94. The largest absolute Gasteiger partial charge is 0.454 e. The number of hydrogen-bond donors (Lipinski definition) is 2. The van der Waals surface area contributed by atoms with Crippen LogP contribution in [0.15, 0.2) is 48.5 Å². The summed E-state index contributed by atoms with van der Waals surface area (Å²) in [6.07, 6.45) is 0. The summed E-state index contributed by atoms with van der Waals surface area (Å²) in [6.45, 7) is 3.47. The number of aromatic nitrogens is 2. The molecule has 8 heteroatoms. The lowest BCUT2D eigenvalue weighted by Crippen LogP contribution is -2.15. The molecule has 8 nitrogen and oxygen atoms in total. The van der Waals surface area contributed by atoms with Crippen molar-refractivity contribution in [1.29, 1.82) is 0 Å². The van der Waals surface area contributed by atoms with Crippen molar-refractivity contribution in [2.45, 2.75) is 13.8 Å². The lowest BCUT2D eigenvalue weighted by atomic mass is 10.1. The van der Waals surface area contributed by atoms with E-state index in [1.54, 1.807) is 49.4 Å². The minimum absolute atomic E-state index is 0.0338. The number of fused-ring (bicyclic) bond motifs is 1. The topological polar surface area (TPSA) is 102 Å². The monoisotopic (exact) mass is 390 g/mol. The molecule has 2 heterocycles. The smallest absolute Gasteiger partial charge is 0.274 e. The molecule has 1 aliphatic rings. The molecule has 1 amide bonds. The maximum Gasteiger partial charge on any atom is 0.274 e. The Bertz CT molecular complexity index is 1100. The van der Waals surface area contributed by atoms with Gasteiger partial charge in [0.05, 0.1) is 0 Å². The number of nitrogens with one attached hydrogen (secondary N) is 2. The van der Waals surface area contributed by atoms with E-state index >= 15 is 0 Å². The Labute approximate surface area is 166 Å². The first-order valence-corrected chi connectivity index (χ1v) is 8.93. The van der Waals surface area contributed by atoms with Gasteiger partial charge >= 0.3 is 0 Å². The number of ketones is 1. The molecule has 3 aromatic rings. The van der Waals surface area contributed by atoms with E-state index in [0.29, 0.717) is 40.1 Å². The average Bonchev–Trinajstić information content (AvgIpc) is 3.16. The van der Waals surface area contributed by atoms with Crippen LogP contribution in [-0.2, 0) is 0 Å². The number of amides is 1. The van der Waals surface area contributed by atoms with Crippen molar-refractivity contribution in [3.63, 3.8) is 0 Å². The number of rotatable bonds is 5. The molecule has 0 unspecified atom stereocenters. The standard InChI is InChI=1S/C21H18N4O4/c1-12-9-17(20(27)23-15-5-3-14(4-6-15)13(2)26)25-21(22-12)24-16-7-8-18-19(10-16)29-11-28-18/h3-10H,11H2,1-2H3,(H,23,27)(H,22,24,25). The zero-order valence-corrected chi connectivity index (χ0v) is 15.9. The Balaban J connectivity index is 1.51. The molecule has 2 aromatic carbocycles. The Morgan fingerprint density at radius 3 is 2.41 bits per heavy atom. The molecular formula is C21H18N4O4. The third-order valence-corrected chi connectivity index (χ3v) is 4.26. The van der Waals surface area contributed by atoms with Gasteiger partial charge in [-0.15, -0.1) is 0 Å². The first kappa shape index (κ1) is 18.4. The van der Waals surface area contributed by atoms with Crippen molar-refractivity contribution in [3.8, 4) is 11.5 Å². The van der Waals surface area contributed by atoms with E-state index in [1.807, 2.05) is 6.07 Å². The van der Waals surface area contributed by atoms with Gasteiger partial charge in [-0.05, 0) is 56.3 Å². The van der Waals surface area contributed by atoms with E-state index in [2.05, 4.69) is 20.6 Å². The van der Waals surface area contributed by atoms with Crippen LogP contribution in [0.3, 0.4) is 0 Å². The molecule has 0 saturated carbocycles. The second-order valence-electron chi connectivity index (χ2n) is 6.50. The first-order valence-electron chi connectivity index (χ1n) is 8.93. The quantitative estimate of drug-likeness (QED) is 0.640. The SMILES string of the molecule is CC(=O)c1ccc(NC(=O)c2cc(C)nc(Nc3ccc4c(c3)OCO4)n2)cc1. The number of anilines is 3. The van der Waals surface area contributed by atoms with Gasteiger partial charge in [-0.3, -0.25) is 9.59 Å². The van der Waals surface area contributed by atoms with Crippen molar-refractivity contribution in [3.05, 3.63) is 65.5 Å². The van der Waals surface area contributed by atoms with E-state index in [9.17, 15) is 9.59 Å². The van der Waals surface area contributed by atoms with Gasteiger partial charge in [0.25, 0.3) is 5.91 Å². The summed E-state index contributed by atoms with van der Waals surface area (Å²) >= 11 is 0. The Morgan fingerprint density at radius 1 is 0.931 bits per heavy atom. The fraction of sp³-hybridized carbons (Fsp3) is 0.143. The molecule has 29 heavy (non-hydrogen) atoms. The van der Waals surface area contributed by atoms with Crippen LogP contribution in [-0.4, -0.2) is 28.5 Å². The molecule has 0 bridgehead atoms. The number of carbonyl (C=O) groups excluding carboxylic acids is 2. The fourth-order valence-corrected chi connectivity index (χ4v) is 2.83. The lowest BCUT2D eigenvalue weighted by molar-refractivity contribution is 0.101. The summed E-state index contributed by atoms with van der Waals surface area (Å²) in [5.41, 5.74) is 2.72. The van der Waals surface area contributed by atoms with Gasteiger partial charge in [0.2, 0.25) is 12.7 Å². The number of aryl methyl sites for hydroxylation is 1. The number of ether oxygens (including phenoxy) is 2. The molecule has 1 aliphatic heterocycles. The predicted octanol–water partition coefficient (Wildman–Crippen LogP) is 3.71. The normalized spacial score (nSPS) is 11.8. The van der Waals surface area contributed by atoms with Gasteiger partial charge in [0.1, 0.15) is 5.69 Å². The second-order valence-corrected chi connectivity index (χ2v) is 6.50. The summed E-state index contributed by atoms with van der Waals surface area (Å²) in [6, 6.07) is 13.7. The molecule has 0 atom stereocenters. The highest BCUT2D eigenvalue weighted by Gasteiger charge is 2.15. The van der Waals surface area contributed by atoms with Crippen LogP contribution < -0.4 is 20.1 Å². The van der Waals surface area contributed by atoms with Gasteiger partial charge < -0.3 is 20.1 Å². The van der Waals surface area contributed by atoms with Gasteiger partial charge in [-0.1, -0.05) is 0 Å². The van der Waals surface area contributed by atoms with Gasteiger partial charge in [-0.2, -0.15) is 0 Å². The van der Waals surface area contributed by atoms with Gasteiger partial charge in [-0.25, -0.2) is 9.97 Å². The van der Waals surface area contributed by atoms with Crippen LogP contribution >= 0.6 is 0 Å². The third kappa shape index (κ3) is 4.16. The molecule has 2 N–H and O–H groups in total. The maximum absolute atomic E-state index is 12.6. The maximum atomic E-state index is 12.6. The van der Waals surface area contributed by atoms with Crippen LogP contribution in [0.4, 0.5) is 17.3 Å². The van der Waals surface area contributed by atoms with Crippen LogP contribution in [0.2, 0.25) is 0 Å². The highest BCUT2D eigenvalue weighted by atomic mass is 16.7. The molecule has 4 rings (SSSR count). The van der Waals surface area contributed by atoms with Crippen molar-refractivity contribution in [2.75, 3.05) is 17.4 Å². The molecule has 0 aliphatic carbocycles. The lowest BCUT2D eigenvalue weighted by Gasteiger charge is -2.09. The Kier molecular flexibility index (Phi) is 4.82. The van der Waals surface area contributed by atoms with Crippen LogP contribution in [0.25, 0.3) is 0 Å². The highest BCUT2D eigenvalue weighted by molar-refractivity contribution is 6.03. The van der Waals surface area contributed by atoms with Crippen LogP contribution in [0, 0.1) is 6.92 Å². The van der Waals surface area contributed by atoms with Gasteiger partial charge in [0.15, 0.2) is 17.3 Å². The molecule has 146 valence electrons. The molecule has 0 fully saturated rings. The molecular weight excluding hydrogens is 372 g/mol. The third-order valence-electron chi connectivity index (χ3n) is 4.26. The minimum atomic E-state index is -0.375. The summed E-state index contributed by atoms with van der Waals surface area (Å²) in [5.74, 6) is 1.19. The average molecular weight is 390 g/mol. The summed E-state index contributed by atoms with van der Waals surface area (Å²) in [5, 5.41) is 5.85. The number of benzene rings is 2. The molecule has 0 radical (unpaired) electrons. The number of nitrogens with zero attached hydrogens (tertiary/aromatic N) is 2. The fourth-order valence-electron chi connectivity index (χ4n) is 2.83. The Morgan fingerprint density at radius 2 is 1.66 bits per heavy atom. The predicted molar refractivity (Wildman–Crippen MR) is 107 cm³/mol. The number of carbonyl (C=O) groups is 2. The van der Waals surface area contributed by atoms with E-state index in [4.69, 9.17) is 9.47 Å². The van der Waals surface area contributed by atoms with Crippen molar-refractivity contribution >= 4 is 29.0 Å². The molecule has 0 spiro atoms. The van der Waals surface area contributed by atoms with Crippen LogP contribution in [0.5, 0.6) is 11.5 Å². The van der Waals surface area contributed by atoms with Crippen molar-refractivity contribution < 1.29 is 19.1 Å². The number of Topliss-reactive ketones (excluding diaryl/α,β-unsaturated/α-hetero) is 1. The van der Waals surface area contributed by atoms with Crippen LogP contribution in [0.1, 0.15) is 33.5 Å². The summed E-state index contributed by atoms with van der Waals surface area (Å²) in [7, 11) is 0. The number of hydrogen-bond acceptors (Lipinski definition) is 7. The van der Waals surface area contributed by atoms with Crippen molar-refractivity contribution in [2.24, 2.45) is 0 Å². The van der Waals surface area contributed by atoms with E-state index < -0.39 is 0 Å². The highest BCUT2D eigenvalue weighted by Crippen LogP contribution is 2.34. The minimum Gasteiger partial charge on any atom is -0.454 e. The van der Waals surface area contributed by atoms with Gasteiger partial charge in [0, 0.05) is 28.7 Å². The zero-order valence-electron chi connectivity index (χ0n) is 15.9. The van der Waals surface area contributed by atoms with E-state index in [0.717, 1.165) is 0 Å². The van der Waals surface area contributed by atoms with E-state index in [1.165, 1.54) is 6.92 Å². The summed E-state index contributed by atoms with van der Waals surface area (Å²) < 4.78 is 10.7. The van der Waals surface area contributed by atoms with E-state index in [-0.39, 0.29) is 24.2 Å². The zero-order chi connectivity index (χ0) is 20.4. The molecule has 0 saturated heterocycles. The second kappa shape index (κ2) is 7.59. The van der Waals surface area contributed by atoms with Crippen molar-refractivity contribution in [1.82, 2.24) is 9.97 Å². The molecule has 1 aromatic heterocycles. The first-order chi connectivity index (χ1) is 14.0. The summed E-state index contributed by atoms with van der Waals surface area (Å²) in [4.78, 5) is 32.6.